The maximum absolute atomic E-state index is 13.9. The molecule has 2 aromatic carbocycles. The van der Waals surface area contributed by atoms with Crippen LogP contribution in [0.5, 0.6) is 0 Å². The van der Waals surface area contributed by atoms with Crippen molar-refractivity contribution in [2.45, 2.75) is 18.9 Å². The molecule has 0 amide bonds. The van der Waals surface area contributed by atoms with Crippen molar-refractivity contribution in [3.8, 4) is 0 Å². The molecule has 1 heterocycles. The van der Waals surface area contributed by atoms with Gasteiger partial charge in [0.2, 0.25) is 0 Å². The predicted octanol–water partition coefficient (Wildman–Crippen LogP) is 4.81. The topological polar surface area (TPSA) is 26.0 Å². The Morgan fingerprint density at radius 3 is 2.67 bits per heavy atom. The first kappa shape index (κ1) is 14.5. The van der Waals surface area contributed by atoms with Crippen LogP contribution in [0.15, 0.2) is 47.8 Å². The fraction of sp³-hybridized carbons (Fsp3) is 0.176. The van der Waals surface area contributed by atoms with E-state index in [1.165, 1.54) is 15.6 Å². The van der Waals surface area contributed by atoms with E-state index in [0.717, 1.165) is 6.42 Å². The molecule has 0 spiro atoms. The number of rotatable bonds is 4. The molecule has 0 radical (unpaired) electrons. The van der Waals surface area contributed by atoms with E-state index in [0.29, 0.717) is 12.0 Å². The Kier molecular flexibility index (Phi) is 4.24. The van der Waals surface area contributed by atoms with Crippen molar-refractivity contribution in [3.63, 3.8) is 0 Å². The molecule has 3 aromatic rings. The first-order chi connectivity index (χ1) is 10.1. The van der Waals surface area contributed by atoms with Gasteiger partial charge in [0.05, 0.1) is 5.02 Å². The monoisotopic (exact) mass is 319 g/mol. The van der Waals surface area contributed by atoms with Gasteiger partial charge in [-0.1, -0.05) is 41.9 Å². The van der Waals surface area contributed by atoms with Crippen LogP contribution in [0, 0.1) is 5.82 Å². The lowest BCUT2D eigenvalue weighted by atomic mass is 9.99. The molecule has 0 saturated heterocycles. The molecule has 0 bridgehead atoms. The molecule has 1 nitrogen and oxygen atoms in total. The molecule has 4 heteroatoms. The van der Waals surface area contributed by atoms with Gasteiger partial charge in [0.1, 0.15) is 5.82 Å². The van der Waals surface area contributed by atoms with Crippen LogP contribution in [0.3, 0.4) is 0 Å². The van der Waals surface area contributed by atoms with Crippen LogP contribution in [-0.4, -0.2) is 6.04 Å². The molecular formula is C17H15ClFNS. The number of halogens is 2. The quantitative estimate of drug-likeness (QED) is 0.734. The van der Waals surface area contributed by atoms with Crippen LogP contribution in [0.4, 0.5) is 4.39 Å². The Morgan fingerprint density at radius 1 is 1.05 bits per heavy atom. The number of nitrogens with two attached hydrogens (primary N) is 1. The number of benzene rings is 2. The van der Waals surface area contributed by atoms with E-state index >= 15 is 0 Å². The zero-order chi connectivity index (χ0) is 14.8. The van der Waals surface area contributed by atoms with Crippen LogP contribution >= 0.6 is 22.9 Å². The van der Waals surface area contributed by atoms with Gasteiger partial charge in [0.25, 0.3) is 0 Å². The van der Waals surface area contributed by atoms with Gasteiger partial charge in [-0.15, -0.1) is 11.3 Å². The number of hydrogen-bond acceptors (Lipinski definition) is 2. The van der Waals surface area contributed by atoms with Crippen molar-refractivity contribution in [2.24, 2.45) is 5.73 Å². The Morgan fingerprint density at radius 2 is 1.81 bits per heavy atom. The van der Waals surface area contributed by atoms with Gasteiger partial charge in [-0.05, 0) is 46.9 Å². The van der Waals surface area contributed by atoms with E-state index in [9.17, 15) is 4.39 Å². The summed E-state index contributed by atoms with van der Waals surface area (Å²) in [6, 6.07) is 13.2. The summed E-state index contributed by atoms with van der Waals surface area (Å²) in [4.78, 5) is 0. The molecule has 0 saturated carbocycles. The maximum atomic E-state index is 13.9. The summed E-state index contributed by atoms with van der Waals surface area (Å²) in [6.45, 7) is 0. The van der Waals surface area contributed by atoms with Crippen LogP contribution in [0.1, 0.15) is 11.1 Å². The molecule has 3 rings (SSSR count). The van der Waals surface area contributed by atoms with Gasteiger partial charge >= 0.3 is 0 Å². The second kappa shape index (κ2) is 6.14. The molecule has 0 aliphatic rings. The highest BCUT2D eigenvalue weighted by molar-refractivity contribution is 7.17. The van der Waals surface area contributed by atoms with Crippen molar-refractivity contribution in [1.82, 2.24) is 0 Å². The van der Waals surface area contributed by atoms with E-state index < -0.39 is 0 Å². The summed E-state index contributed by atoms with van der Waals surface area (Å²) in [5.41, 5.74) is 8.01. The van der Waals surface area contributed by atoms with Crippen molar-refractivity contribution in [1.29, 1.82) is 0 Å². The molecular weight excluding hydrogens is 305 g/mol. The standard InChI is InChI=1S/C17H15ClFNS/c18-15-6-3-4-11(17(15)19)8-13(20)9-12-10-21-16-7-2-1-5-14(12)16/h1-7,10,13H,8-9,20H2. The van der Waals surface area contributed by atoms with Gasteiger partial charge in [0.15, 0.2) is 0 Å². The van der Waals surface area contributed by atoms with Gasteiger partial charge in [-0.2, -0.15) is 0 Å². The Bertz CT molecular complexity index is 768. The van der Waals surface area contributed by atoms with Crippen LogP contribution in [0.2, 0.25) is 5.02 Å². The highest BCUT2D eigenvalue weighted by Crippen LogP contribution is 2.27. The lowest BCUT2D eigenvalue weighted by Crippen LogP contribution is -2.25. The normalized spacial score (nSPS) is 12.7. The first-order valence-corrected chi connectivity index (χ1v) is 8.04. The molecule has 1 aromatic heterocycles. The fourth-order valence-electron chi connectivity index (χ4n) is 2.53. The SMILES string of the molecule is NC(Cc1cccc(Cl)c1F)Cc1csc2ccccc12. The summed E-state index contributed by atoms with van der Waals surface area (Å²) >= 11 is 7.52. The predicted molar refractivity (Wildman–Crippen MR) is 88.6 cm³/mol. The molecule has 21 heavy (non-hydrogen) atoms. The third-order valence-electron chi connectivity index (χ3n) is 3.56. The molecule has 108 valence electrons. The van der Waals surface area contributed by atoms with E-state index in [2.05, 4.69) is 17.5 Å². The van der Waals surface area contributed by atoms with Gasteiger partial charge in [-0.3, -0.25) is 0 Å². The summed E-state index contributed by atoms with van der Waals surface area (Å²) in [7, 11) is 0. The van der Waals surface area contributed by atoms with Crippen LogP contribution in [0.25, 0.3) is 10.1 Å². The number of hydrogen-bond donors (Lipinski definition) is 1. The lowest BCUT2D eigenvalue weighted by molar-refractivity contribution is 0.585. The number of fused-ring (bicyclic) bond motifs is 1. The van der Waals surface area contributed by atoms with Gasteiger partial charge in [0, 0.05) is 10.7 Å². The summed E-state index contributed by atoms with van der Waals surface area (Å²) in [6.07, 6.45) is 1.21. The van der Waals surface area contributed by atoms with Crippen molar-refractivity contribution >= 4 is 33.0 Å². The van der Waals surface area contributed by atoms with Crippen molar-refractivity contribution < 1.29 is 4.39 Å². The summed E-state index contributed by atoms with van der Waals surface area (Å²) in [5, 5.41) is 3.53. The van der Waals surface area contributed by atoms with E-state index in [1.54, 1.807) is 29.5 Å². The zero-order valence-electron chi connectivity index (χ0n) is 11.4. The minimum Gasteiger partial charge on any atom is -0.327 e. The highest BCUT2D eigenvalue weighted by Gasteiger charge is 2.13. The third kappa shape index (κ3) is 3.10. The smallest absolute Gasteiger partial charge is 0.145 e. The summed E-state index contributed by atoms with van der Waals surface area (Å²) in [5.74, 6) is -0.357. The average Bonchev–Trinajstić information content (AvgIpc) is 2.87. The minimum atomic E-state index is -0.357. The highest BCUT2D eigenvalue weighted by atomic mass is 35.5. The third-order valence-corrected chi connectivity index (χ3v) is 4.86. The molecule has 1 unspecified atom stereocenters. The first-order valence-electron chi connectivity index (χ1n) is 6.78. The van der Waals surface area contributed by atoms with E-state index in [4.69, 9.17) is 17.3 Å². The second-order valence-corrected chi connectivity index (χ2v) is 6.46. The minimum absolute atomic E-state index is 0.129. The van der Waals surface area contributed by atoms with Crippen molar-refractivity contribution in [2.75, 3.05) is 0 Å². The van der Waals surface area contributed by atoms with Crippen LogP contribution < -0.4 is 5.73 Å². The van der Waals surface area contributed by atoms with Gasteiger partial charge < -0.3 is 5.73 Å². The van der Waals surface area contributed by atoms with Gasteiger partial charge in [-0.25, -0.2) is 4.39 Å². The second-order valence-electron chi connectivity index (χ2n) is 5.14. The fourth-order valence-corrected chi connectivity index (χ4v) is 3.70. The Labute approximate surface area is 132 Å². The molecule has 0 fully saturated rings. The largest absolute Gasteiger partial charge is 0.327 e. The molecule has 0 aliphatic carbocycles. The maximum Gasteiger partial charge on any atom is 0.145 e. The average molecular weight is 320 g/mol. The van der Waals surface area contributed by atoms with Crippen molar-refractivity contribution in [3.05, 3.63) is 69.8 Å². The molecule has 2 N–H and O–H groups in total. The lowest BCUT2D eigenvalue weighted by Gasteiger charge is -2.12. The van der Waals surface area contributed by atoms with E-state index in [1.807, 2.05) is 12.1 Å². The van der Waals surface area contributed by atoms with Crippen LogP contribution in [-0.2, 0) is 12.8 Å². The Hall–Kier alpha value is -1.42. The molecule has 1 atom stereocenters. The van der Waals surface area contributed by atoms with E-state index in [-0.39, 0.29) is 16.9 Å². The Balaban J connectivity index is 1.77. The molecule has 0 aliphatic heterocycles. The number of thiophene rings is 1. The zero-order valence-corrected chi connectivity index (χ0v) is 12.9. The summed E-state index contributed by atoms with van der Waals surface area (Å²) < 4.78 is 15.2.